The molecule has 1 aromatic heterocycles. The third-order valence-electron chi connectivity index (χ3n) is 2.69. The average molecular weight is 256 g/mol. The van der Waals surface area contributed by atoms with E-state index in [4.69, 9.17) is 5.11 Å². The molecule has 0 aliphatic rings. The second kappa shape index (κ2) is 6.59. The molecule has 0 spiro atoms. The molecule has 0 saturated carbocycles. The molecule has 0 amide bonds. The minimum Gasteiger partial charge on any atom is -0.478 e. The zero-order chi connectivity index (χ0) is 12.8. The summed E-state index contributed by atoms with van der Waals surface area (Å²) >= 11 is 1.23. The van der Waals surface area contributed by atoms with Crippen LogP contribution in [0.4, 0.5) is 5.00 Å². The van der Waals surface area contributed by atoms with Gasteiger partial charge in [-0.2, -0.15) is 4.37 Å². The van der Waals surface area contributed by atoms with Crippen molar-refractivity contribution in [1.29, 1.82) is 0 Å². The first-order valence-corrected chi connectivity index (χ1v) is 6.79. The molecule has 1 heterocycles. The average Bonchev–Trinajstić information content (AvgIpc) is 2.60. The highest BCUT2D eigenvalue weighted by Crippen LogP contribution is 2.25. The van der Waals surface area contributed by atoms with E-state index in [9.17, 15) is 4.79 Å². The summed E-state index contributed by atoms with van der Waals surface area (Å²) in [5, 5.41) is 13.0. The Kier molecular flexibility index (Phi) is 5.41. The van der Waals surface area contributed by atoms with E-state index in [0.717, 1.165) is 6.42 Å². The summed E-state index contributed by atoms with van der Waals surface area (Å²) in [4.78, 5) is 11.1. The summed E-state index contributed by atoms with van der Waals surface area (Å²) in [5.41, 5.74) is 0.906. The smallest absolute Gasteiger partial charge is 0.340 e. The van der Waals surface area contributed by atoms with Gasteiger partial charge in [0.25, 0.3) is 0 Å². The van der Waals surface area contributed by atoms with E-state index < -0.39 is 5.97 Å². The summed E-state index contributed by atoms with van der Waals surface area (Å²) in [6.07, 6.45) is 4.65. The van der Waals surface area contributed by atoms with Crippen LogP contribution in [0, 0.1) is 6.92 Å². The molecule has 0 fully saturated rings. The van der Waals surface area contributed by atoms with Crippen LogP contribution in [0.3, 0.4) is 0 Å². The van der Waals surface area contributed by atoms with Crippen LogP contribution in [0.1, 0.15) is 55.6 Å². The van der Waals surface area contributed by atoms with Gasteiger partial charge in [-0.25, -0.2) is 4.79 Å². The van der Waals surface area contributed by atoms with Crippen LogP contribution in [-0.2, 0) is 0 Å². The molecule has 0 aliphatic carbocycles. The standard InChI is InChI=1S/C12H20N2O2S/c1-4-5-6-7-8(2)13-11-10(12(15)16)9(3)14-17-11/h8,13H,4-7H2,1-3H3,(H,15,16). The second-order valence-electron chi connectivity index (χ2n) is 4.32. The molecule has 2 N–H and O–H groups in total. The zero-order valence-electron chi connectivity index (χ0n) is 10.6. The SMILES string of the molecule is CCCCCC(C)Nc1snc(C)c1C(=O)O. The molecule has 0 aliphatic heterocycles. The lowest BCUT2D eigenvalue weighted by Gasteiger charge is -2.13. The number of aryl methyl sites for hydroxylation is 1. The van der Waals surface area contributed by atoms with Crippen LogP contribution in [0.2, 0.25) is 0 Å². The second-order valence-corrected chi connectivity index (χ2v) is 5.09. The molecule has 17 heavy (non-hydrogen) atoms. The van der Waals surface area contributed by atoms with Gasteiger partial charge in [-0.15, -0.1) is 0 Å². The lowest BCUT2D eigenvalue weighted by molar-refractivity contribution is 0.0697. The Bertz CT molecular complexity index is 377. The first-order valence-electron chi connectivity index (χ1n) is 6.02. The molecule has 4 nitrogen and oxygen atoms in total. The van der Waals surface area contributed by atoms with Crippen LogP contribution in [0.15, 0.2) is 0 Å². The van der Waals surface area contributed by atoms with Crippen molar-refractivity contribution in [3.63, 3.8) is 0 Å². The van der Waals surface area contributed by atoms with E-state index in [1.807, 2.05) is 0 Å². The van der Waals surface area contributed by atoms with E-state index in [2.05, 4.69) is 23.5 Å². The Balaban J connectivity index is 2.59. The number of nitrogens with zero attached hydrogens (tertiary/aromatic N) is 1. The first kappa shape index (κ1) is 14.0. The third kappa shape index (κ3) is 4.00. The predicted molar refractivity (Wildman–Crippen MR) is 71.0 cm³/mol. The van der Waals surface area contributed by atoms with Crippen LogP contribution in [0.25, 0.3) is 0 Å². The minimum absolute atomic E-state index is 0.291. The maximum Gasteiger partial charge on any atom is 0.340 e. The van der Waals surface area contributed by atoms with Crippen LogP contribution in [-0.4, -0.2) is 21.5 Å². The lowest BCUT2D eigenvalue weighted by Crippen LogP contribution is -2.16. The van der Waals surface area contributed by atoms with Crippen molar-refractivity contribution in [1.82, 2.24) is 4.37 Å². The predicted octanol–water partition coefficient (Wildman–Crippen LogP) is 3.53. The number of nitrogens with one attached hydrogen (secondary N) is 1. The fraction of sp³-hybridized carbons (Fsp3) is 0.667. The van der Waals surface area contributed by atoms with Gasteiger partial charge < -0.3 is 10.4 Å². The molecule has 1 atom stereocenters. The Morgan fingerprint density at radius 3 is 2.82 bits per heavy atom. The molecule has 1 aromatic rings. The van der Waals surface area contributed by atoms with Gasteiger partial charge >= 0.3 is 5.97 Å². The number of unbranched alkanes of at least 4 members (excludes halogenated alkanes) is 2. The number of carbonyl (C=O) groups is 1. The number of hydrogen-bond donors (Lipinski definition) is 2. The highest BCUT2D eigenvalue weighted by atomic mass is 32.1. The van der Waals surface area contributed by atoms with Gasteiger partial charge in [0.15, 0.2) is 0 Å². The van der Waals surface area contributed by atoms with Crippen molar-refractivity contribution >= 4 is 22.5 Å². The maximum atomic E-state index is 11.1. The Morgan fingerprint density at radius 1 is 1.53 bits per heavy atom. The van der Waals surface area contributed by atoms with Gasteiger partial charge in [-0.05, 0) is 31.8 Å². The molecule has 5 heteroatoms. The molecule has 96 valence electrons. The molecular weight excluding hydrogens is 236 g/mol. The van der Waals surface area contributed by atoms with Gasteiger partial charge in [-0.3, -0.25) is 0 Å². The van der Waals surface area contributed by atoms with Crippen LogP contribution in [0.5, 0.6) is 0 Å². The topological polar surface area (TPSA) is 62.2 Å². The Hall–Kier alpha value is -1.10. The fourth-order valence-corrected chi connectivity index (χ4v) is 2.62. The highest BCUT2D eigenvalue weighted by molar-refractivity contribution is 7.10. The minimum atomic E-state index is -0.903. The van der Waals surface area contributed by atoms with Gasteiger partial charge in [0.1, 0.15) is 10.6 Å². The number of aromatic nitrogens is 1. The van der Waals surface area contributed by atoms with Crippen LogP contribution < -0.4 is 5.32 Å². The van der Waals surface area contributed by atoms with Crippen molar-refractivity contribution in [2.75, 3.05) is 5.32 Å². The Morgan fingerprint density at radius 2 is 2.24 bits per heavy atom. The molecule has 1 unspecified atom stereocenters. The lowest BCUT2D eigenvalue weighted by atomic mass is 10.1. The normalized spacial score (nSPS) is 12.4. The number of carboxylic acids is 1. The van der Waals surface area contributed by atoms with Gasteiger partial charge in [0, 0.05) is 6.04 Å². The maximum absolute atomic E-state index is 11.1. The summed E-state index contributed by atoms with van der Waals surface area (Å²) in [6.45, 7) is 5.98. The summed E-state index contributed by atoms with van der Waals surface area (Å²) in [5.74, 6) is -0.903. The van der Waals surface area contributed by atoms with Crippen molar-refractivity contribution in [3.8, 4) is 0 Å². The first-order chi connectivity index (χ1) is 8.06. The van der Waals surface area contributed by atoms with E-state index in [1.54, 1.807) is 6.92 Å². The monoisotopic (exact) mass is 256 g/mol. The number of aromatic carboxylic acids is 1. The molecule has 0 bridgehead atoms. The quantitative estimate of drug-likeness (QED) is 0.733. The fourth-order valence-electron chi connectivity index (χ4n) is 1.72. The molecule has 1 rings (SSSR count). The van der Waals surface area contributed by atoms with Gasteiger partial charge in [0.05, 0.1) is 5.69 Å². The largest absolute Gasteiger partial charge is 0.478 e. The molecule has 0 saturated heterocycles. The van der Waals surface area contributed by atoms with Crippen molar-refractivity contribution in [2.45, 2.75) is 52.5 Å². The third-order valence-corrected chi connectivity index (χ3v) is 3.56. The van der Waals surface area contributed by atoms with Gasteiger partial charge in [0.2, 0.25) is 0 Å². The van der Waals surface area contributed by atoms with Crippen molar-refractivity contribution in [3.05, 3.63) is 11.3 Å². The summed E-state index contributed by atoms with van der Waals surface area (Å²) in [6, 6.07) is 0.291. The van der Waals surface area contributed by atoms with Gasteiger partial charge in [-0.1, -0.05) is 26.2 Å². The summed E-state index contributed by atoms with van der Waals surface area (Å²) in [7, 11) is 0. The molecule has 0 radical (unpaired) electrons. The highest BCUT2D eigenvalue weighted by Gasteiger charge is 2.18. The Labute approximate surface area is 106 Å². The zero-order valence-corrected chi connectivity index (χ0v) is 11.4. The van der Waals surface area contributed by atoms with E-state index in [1.165, 1.54) is 30.8 Å². The molecular formula is C12H20N2O2S. The number of rotatable bonds is 7. The molecule has 0 aromatic carbocycles. The van der Waals surface area contributed by atoms with E-state index in [0.29, 0.717) is 22.3 Å². The number of anilines is 1. The van der Waals surface area contributed by atoms with Crippen LogP contribution >= 0.6 is 11.5 Å². The van der Waals surface area contributed by atoms with E-state index in [-0.39, 0.29) is 0 Å². The van der Waals surface area contributed by atoms with Crippen molar-refractivity contribution < 1.29 is 9.90 Å². The van der Waals surface area contributed by atoms with Crippen molar-refractivity contribution in [2.24, 2.45) is 0 Å². The van der Waals surface area contributed by atoms with E-state index >= 15 is 0 Å². The number of hydrogen-bond acceptors (Lipinski definition) is 4. The number of carboxylic acid groups (broad SMARTS) is 1. The summed E-state index contributed by atoms with van der Waals surface area (Å²) < 4.78 is 4.09.